The third-order valence-corrected chi connectivity index (χ3v) is 1.97. The van der Waals surface area contributed by atoms with E-state index in [0.29, 0.717) is 0 Å². The summed E-state index contributed by atoms with van der Waals surface area (Å²) in [7, 11) is 3.99. The lowest BCUT2D eigenvalue weighted by molar-refractivity contribution is 0.125. The zero-order valence-corrected chi connectivity index (χ0v) is 8.71. The molecule has 0 aromatic carbocycles. The first-order valence-electron chi connectivity index (χ1n) is 4.99. The molecule has 0 aliphatic rings. The smallest absolute Gasteiger partial charge is 0.0666 e. The molecule has 0 rings (SSSR count). The van der Waals surface area contributed by atoms with Crippen molar-refractivity contribution < 1.29 is 5.11 Å². The average molecular weight is 173 g/mol. The van der Waals surface area contributed by atoms with E-state index in [1.165, 1.54) is 25.7 Å². The molecule has 0 saturated carbocycles. The molecule has 0 aromatic heterocycles. The second kappa shape index (κ2) is 7.56. The maximum absolute atomic E-state index is 9.48. The molecule has 1 unspecified atom stereocenters. The molecule has 0 radical (unpaired) electrons. The van der Waals surface area contributed by atoms with Crippen molar-refractivity contribution >= 4 is 0 Å². The van der Waals surface area contributed by atoms with Gasteiger partial charge in [0.25, 0.3) is 0 Å². The minimum Gasteiger partial charge on any atom is -0.392 e. The number of hydrogen-bond acceptors (Lipinski definition) is 2. The lowest BCUT2D eigenvalue weighted by Crippen LogP contribution is -2.25. The molecule has 1 atom stereocenters. The Balaban J connectivity index is 3.14. The van der Waals surface area contributed by atoms with E-state index in [2.05, 4.69) is 6.92 Å². The quantitative estimate of drug-likeness (QED) is 0.594. The second-order valence-corrected chi connectivity index (χ2v) is 3.77. The van der Waals surface area contributed by atoms with Crippen molar-refractivity contribution in [3.8, 4) is 0 Å². The molecular weight excluding hydrogens is 150 g/mol. The minimum atomic E-state index is -0.128. The number of nitrogens with zero attached hydrogens (tertiary/aromatic N) is 1. The topological polar surface area (TPSA) is 23.5 Å². The fourth-order valence-electron chi connectivity index (χ4n) is 1.32. The minimum absolute atomic E-state index is 0.128. The van der Waals surface area contributed by atoms with Gasteiger partial charge in [0.2, 0.25) is 0 Å². The Labute approximate surface area is 76.6 Å². The highest BCUT2D eigenvalue weighted by molar-refractivity contribution is 4.58. The van der Waals surface area contributed by atoms with E-state index in [-0.39, 0.29) is 6.10 Å². The molecule has 0 heterocycles. The van der Waals surface area contributed by atoms with Crippen LogP contribution < -0.4 is 0 Å². The van der Waals surface area contributed by atoms with Crippen molar-refractivity contribution in [3.63, 3.8) is 0 Å². The van der Waals surface area contributed by atoms with Gasteiger partial charge in [-0.25, -0.2) is 0 Å². The summed E-state index contributed by atoms with van der Waals surface area (Å²) in [6, 6.07) is 0. The van der Waals surface area contributed by atoms with E-state index in [1.807, 2.05) is 19.0 Å². The molecule has 0 aliphatic heterocycles. The Morgan fingerprint density at radius 3 is 2.33 bits per heavy atom. The third kappa shape index (κ3) is 8.02. The predicted molar refractivity (Wildman–Crippen MR) is 53.3 cm³/mol. The van der Waals surface area contributed by atoms with Gasteiger partial charge in [-0.1, -0.05) is 32.6 Å². The molecule has 0 aromatic rings. The molecule has 0 spiro atoms. The lowest BCUT2D eigenvalue weighted by atomic mass is 10.1. The summed E-state index contributed by atoms with van der Waals surface area (Å²) in [5.74, 6) is 0. The van der Waals surface area contributed by atoms with Crippen LogP contribution in [-0.2, 0) is 0 Å². The maximum Gasteiger partial charge on any atom is 0.0666 e. The zero-order chi connectivity index (χ0) is 9.40. The Bertz CT molecular complexity index is 93.8. The van der Waals surface area contributed by atoms with Crippen LogP contribution in [0.4, 0.5) is 0 Å². The SMILES string of the molecule is CCCCCCC(O)CN(C)C. The van der Waals surface area contributed by atoms with E-state index in [4.69, 9.17) is 0 Å². The first-order chi connectivity index (χ1) is 5.66. The molecule has 1 N–H and O–H groups in total. The molecule has 12 heavy (non-hydrogen) atoms. The standard InChI is InChI=1S/C10H23NO/c1-4-5-6-7-8-10(12)9-11(2)3/h10,12H,4-9H2,1-3H3. The number of likely N-dealkylation sites (N-methyl/N-ethyl adjacent to an activating group) is 1. The highest BCUT2D eigenvalue weighted by Crippen LogP contribution is 2.05. The first kappa shape index (κ1) is 11.9. The van der Waals surface area contributed by atoms with Gasteiger partial charge >= 0.3 is 0 Å². The average Bonchev–Trinajstić information content (AvgIpc) is 1.97. The maximum atomic E-state index is 9.48. The summed E-state index contributed by atoms with van der Waals surface area (Å²) < 4.78 is 0. The van der Waals surface area contributed by atoms with Crippen LogP contribution >= 0.6 is 0 Å². The normalized spacial score (nSPS) is 13.8. The van der Waals surface area contributed by atoms with E-state index in [0.717, 1.165) is 13.0 Å². The Kier molecular flexibility index (Phi) is 7.51. The van der Waals surface area contributed by atoms with E-state index >= 15 is 0 Å². The summed E-state index contributed by atoms with van der Waals surface area (Å²) in [6.45, 7) is 3.00. The molecule has 2 nitrogen and oxygen atoms in total. The lowest BCUT2D eigenvalue weighted by Gasteiger charge is -2.15. The van der Waals surface area contributed by atoms with Crippen LogP contribution in [-0.4, -0.2) is 36.8 Å². The monoisotopic (exact) mass is 173 g/mol. The van der Waals surface area contributed by atoms with Crippen molar-refractivity contribution in [2.24, 2.45) is 0 Å². The first-order valence-corrected chi connectivity index (χ1v) is 4.99. The Morgan fingerprint density at radius 2 is 1.83 bits per heavy atom. The zero-order valence-electron chi connectivity index (χ0n) is 8.71. The molecular formula is C10H23NO. The van der Waals surface area contributed by atoms with E-state index in [9.17, 15) is 5.11 Å². The van der Waals surface area contributed by atoms with Crippen molar-refractivity contribution in [1.29, 1.82) is 0 Å². The summed E-state index contributed by atoms with van der Waals surface area (Å²) in [5.41, 5.74) is 0. The molecule has 74 valence electrons. The van der Waals surface area contributed by atoms with Gasteiger partial charge in [-0.05, 0) is 20.5 Å². The molecule has 0 fully saturated rings. The number of hydrogen-bond donors (Lipinski definition) is 1. The van der Waals surface area contributed by atoms with Crippen LogP contribution in [0.15, 0.2) is 0 Å². The summed E-state index contributed by atoms with van der Waals surface area (Å²) in [5, 5.41) is 9.48. The van der Waals surface area contributed by atoms with Gasteiger partial charge in [-0.2, -0.15) is 0 Å². The highest BCUT2D eigenvalue weighted by Gasteiger charge is 2.03. The van der Waals surface area contributed by atoms with Crippen molar-refractivity contribution in [2.45, 2.75) is 45.1 Å². The third-order valence-electron chi connectivity index (χ3n) is 1.97. The Hall–Kier alpha value is -0.0800. The van der Waals surface area contributed by atoms with Gasteiger partial charge < -0.3 is 10.0 Å². The molecule has 2 heteroatoms. The van der Waals surface area contributed by atoms with Gasteiger partial charge in [0.05, 0.1) is 6.10 Å². The fraction of sp³-hybridized carbons (Fsp3) is 1.00. The highest BCUT2D eigenvalue weighted by atomic mass is 16.3. The Morgan fingerprint density at radius 1 is 1.17 bits per heavy atom. The van der Waals surface area contributed by atoms with Gasteiger partial charge in [-0.3, -0.25) is 0 Å². The second-order valence-electron chi connectivity index (χ2n) is 3.77. The number of rotatable bonds is 7. The van der Waals surface area contributed by atoms with E-state index < -0.39 is 0 Å². The van der Waals surface area contributed by atoms with Gasteiger partial charge in [-0.15, -0.1) is 0 Å². The molecule has 0 bridgehead atoms. The summed E-state index contributed by atoms with van der Waals surface area (Å²) >= 11 is 0. The summed E-state index contributed by atoms with van der Waals surface area (Å²) in [4.78, 5) is 2.03. The van der Waals surface area contributed by atoms with E-state index in [1.54, 1.807) is 0 Å². The van der Waals surface area contributed by atoms with Crippen LogP contribution in [0.5, 0.6) is 0 Å². The fourth-order valence-corrected chi connectivity index (χ4v) is 1.32. The predicted octanol–water partition coefficient (Wildman–Crippen LogP) is 1.88. The largest absolute Gasteiger partial charge is 0.392 e. The van der Waals surface area contributed by atoms with Crippen LogP contribution in [0.1, 0.15) is 39.0 Å². The summed E-state index contributed by atoms with van der Waals surface area (Å²) in [6.07, 6.45) is 5.83. The van der Waals surface area contributed by atoms with Crippen molar-refractivity contribution in [2.75, 3.05) is 20.6 Å². The number of unbranched alkanes of at least 4 members (excludes halogenated alkanes) is 3. The van der Waals surface area contributed by atoms with Crippen LogP contribution in [0.2, 0.25) is 0 Å². The van der Waals surface area contributed by atoms with Crippen LogP contribution in [0, 0.1) is 0 Å². The van der Waals surface area contributed by atoms with Gasteiger partial charge in [0, 0.05) is 6.54 Å². The van der Waals surface area contributed by atoms with Crippen molar-refractivity contribution in [1.82, 2.24) is 4.90 Å². The van der Waals surface area contributed by atoms with Crippen LogP contribution in [0.25, 0.3) is 0 Å². The van der Waals surface area contributed by atoms with Crippen molar-refractivity contribution in [3.05, 3.63) is 0 Å². The number of aliphatic hydroxyl groups is 1. The molecule has 0 amide bonds. The molecule has 0 saturated heterocycles. The van der Waals surface area contributed by atoms with Gasteiger partial charge in [0.15, 0.2) is 0 Å². The molecule has 0 aliphatic carbocycles. The van der Waals surface area contributed by atoms with Gasteiger partial charge in [0.1, 0.15) is 0 Å². The number of aliphatic hydroxyl groups excluding tert-OH is 1. The van der Waals surface area contributed by atoms with Crippen LogP contribution in [0.3, 0.4) is 0 Å².